The average molecular weight is 224 g/mol. The standard InChI is InChI=1S/C9H6BrNO/c10-8-3-1-2-7(6-8)4-5-9(11)12/h1-3,6H,(H2,11,12). The Labute approximate surface area is 78.9 Å². The molecule has 2 N–H and O–H groups in total. The Morgan fingerprint density at radius 3 is 2.83 bits per heavy atom. The minimum Gasteiger partial charge on any atom is -0.359 e. The first-order valence-corrected chi connectivity index (χ1v) is 4.05. The van der Waals surface area contributed by atoms with E-state index in [4.69, 9.17) is 5.73 Å². The molecule has 0 aliphatic carbocycles. The molecule has 0 aliphatic rings. The van der Waals surface area contributed by atoms with Crippen LogP contribution in [0.3, 0.4) is 0 Å². The van der Waals surface area contributed by atoms with Crippen molar-refractivity contribution in [1.29, 1.82) is 0 Å². The van der Waals surface area contributed by atoms with Crippen molar-refractivity contribution in [3.8, 4) is 11.8 Å². The van der Waals surface area contributed by atoms with Crippen molar-refractivity contribution in [3.63, 3.8) is 0 Å². The van der Waals surface area contributed by atoms with Crippen LogP contribution in [-0.2, 0) is 4.79 Å². The minimum atomic E-state index is -0.616. The van der Waals surface area contributed by atoms with E-state index < -0.39 is 5.91 Å². The fourth-order valence-corrected chi connectivity index (χ4v) is 1.10. The summed E-state index contributed by atoms with van der Waals surface area (Å²) in [4.78, 5) is 10.3. The van der Waals surface area contributed by atoms with E-state index in [1.807, 2.05) is 18.2 Å². The highest BCUT2D eigenvalue weighted by atomic mass is 79.9. The van der Waals surface area contributed by atoms with Crippen molar-refractivity contribution >= 4 is 21.8 Å². The van der Waals surface area contributed by atoms with Gasteiger partial charge in [0.05, 0.1) is 0 Å². The summed E-state index contributed by atoms with van der Waals surface area (Å²) >= 11 is 3.29. The van der Waals surface area contributed by atoms with Crippen molar-refractivity contribution in [2.45, 2.75) is 0 Å². The van der Waals surface area contributed by atoms with Gasteiger partial charge in [0.25, 0.3) is 5.91 Å². The molecule has 1 aromatic rings. The molecule has 3 heteroatoms. The topological polar surface area (TPSA) is 43.1 Å². The lowest BCUT2D eigenvalue weighted by atomic mass is 10.2. The Morgan fingerprint density at radius 2 is 2.25 bits per heavy atom. The number of primary amides is 1. The normalized spacial score (nSPS) is 8.42. The van der Waals surface area contributed by atoms with Crippen molar-refractivity contribution in [3.05, 3.63) is 34.3 Å². The maximum absolute atomic E-state index is 10.3. The molecule has 0 aromatic heterocycles. The van der Waals surface area contributed by atoms with Gasteiger partial charge in [-0.1, -0.05) is 27.9 Å². The first-order valence-electron chi connectivity index (χ1n) is 3.25. The fourth-order valence-electron chi connectivity index (χ4n) is 0.700. The van der Waals surface area contributed by atoms with E-state index in [1.165, 1.54) is 0 Å². The van der Waals surface area contributed by atoms with Gasteiger partial charge >= 0.3 is 0 Å². The Balaban J connectivity index is 2.92. The summed E-state index contributed by atoms with van der Waals surface area (Å²) in [7, 11) is 0. The molecule has 0 saturated heterocycles. The zero-order chi connectivity index (χ0) is 8.97. The van der Waals surface area contributed by atoms with Crippen molar-refractivity contribution in [1.82, 2.24) is 0 Å². The molecule has 0 spiro atoms. The highest BCUT2D eigenvalue weighted by Gasteiger charge is 1.88. The van der Waals surface area contributed by atoms with Gasteiger partial charge in [-0.2, -0.15) is 0 Å². The monoisotopic (exact) mass is 223 g/mol. The van der Waals surface area contributed by atoms with Crippen LogP contribution in [0, 0.1) is 11.8 Å². The molecule has 1 aromatic carbocycles. The molecule has 0 bridgehead atoms. The molecule has 0 saturated carbocycles. The van der Waals surface area contributed by atoms with Gasteiger partial charge in [-0.25, -0.2) is 0 Å². The maximum atomic E-state index is 10.3. The molecule has 1 rings (SSSR count). The second-order valence-corrected chi connectivity index (χ2v) is 3.04. The number of amides is 1. The van der Waals surface area contributed by atoms with Crippen LogP contribution in [0.4, 0.5) is 0 Å². The molecule has 0 aliphatic heterocycles. The van der Waals surface area contributed by atoms with E-state index in [0.717, 1.165) is 10.0 Å². The van der Waals surface area contributed by atoms with Crippen LogP contribution in [0.25, 0.3) is 0 Å². The lowest BCUT2D eigenvalue weighted by Gasteiger charge is -1.89. The number of carbonyl (C=O) groups is 1. The maximum Gasteiger partial charge on any atom is 0.293 e. The van der Waals surface area contributed by atoms with Crippen LogP contribution >= 0.6 is 15.9 Å². The van der Waals surface area contributed by atoms with Gasteiger partial charge in [0, 0.05) is 10.0 Å². The molecule has 0 atom stereocenters. The van der Waals surface area contributed by atoms with E-state index in [-0.39, 0.29) is 0 Å². The van der Waals surface area contributed by atoms with E-state index in [2.05, 4.69) is 27.8 Å². The van der Waals surface area contributed by atoms with E-state index in [0.29, 0.717) is 0 Å². The van der Waals surface area contributed by atoms with Gasteiger partial charge < -0.3 is 5.73 Å². The highest BCUT2D eigenvalue weighted by molar-refractivity contribution is 9.10. The quantitative estimate of drug-likeness (QED) is 0.663. The summed E-state index contributed by atoms with van der Waals surface area (Å²) in [6, 6.07) is 7.35. The predicted molar refractivity (Wildman–Crippen MR) is 50.2 cm³/mol. The molecular formula is C9H6BrNO. The zero-order valence-corrected chi connectivity index (χ0v) is 7.76. The van der Waals surface area contributed by atoms with Gasteiger partial charge in [0.15, 0.2) is 0 Å². The Kier molecular flexibility index (Phi) is 2.89. The van der Waals surface area contributed by atoms with Crippen LogP contribution in [0.5, 0.6) is 0 Å². The Bertz CT molecular complexity index is 362. The summed E-state index contributed by atoms with van der Waals surface area (Å²) in [6.07, 6.45) is 0. The lowest BCUT2D eigenvalue weighted by Crippen LogP contribution is -2.06. The van der Waals surface area contributed by atoms with Gasteiger partial charge in [0.1, 0.15) is 0 Å². The second kappa shape index (κ2) is 3.93. The second-order valence-electron chi connectivity index (χ2n) is 2.12. The van der Waals surface area contributed by atoms with Crippen molar-refractivity contribution in [2.75, 3.05) is 0 Å². The van der Waals surface area contributed by atoms with Gasteiger partial charge in [0.2, 0.25) is 0 Å². The predicted octanol–water partition coefficient (Wildman–Crippen LogP) is 1.29. The van der Waals surface area contributed by atoms with Crippen molar-refractivity contribution in [2.24, 2.45) is 5.73 Å². The number of hydrogen-bond donors (Lipinski definition) is 1. The molecule has 2 nitrogen and oxygen atoms in total. The SMILES string of the molecule is NC(=O)C#Cc1cccc(Br)c1. The molecule has 0 unspecified atom stereocenters. The zero-order valence-electron chi connectivity index (χ0n) is 6.17. The molecule has 0 fully saturated rings. The summed E-state index contributed by atoms with van der Waals surface area (Å²) in [6.45, 7) is 0. The Morgan fingerprint density at radius 1 is 1.50 bits per heavy atom. The first-order chi connectivity index (χ1) is 5.68. The third-order valence-corrected chi connectivity index (χ3v) is 1.65. The fraction of sp³-hybridized carbons (Fsp3) is 0. The van der Waals surface area contributed by atoms with Gasteiger partial charge in [-0.05, 0) is 24.1 Å². The van der Waals surface area contributed by atoms with E-state index in [1.54, 1.807) is 6.07 Å². The molecule has 1 amide bonds. The van der Waals surface area contributed by atoms with Gasteiger partial charge in [-0.3, -0.25) is 4.79 Å². The van der Waals surface area contributed by atoms with Crippen molar-refractivity contribution < 1.29 is 4.79 Å². The van der Waals surface area contributed by atoms with E-state index >= 15 is 0 Å². The minimum absolute atomic E-state index is 0.616. The summed E-state index contributed by atoms with van der Waals surface area (Å²) < 4.78 is 0.929. The van der Waals surface area contributed by atoms with E-state index in [9.17, 15) is 4.79 Å². The van der Waals surface area contributed by atoms with Crippen LogP contribution in [-0.4, -0.2) is 5.91 Å². The number of carbonyl (C=O) groups excluding carboxylic acids is 1. The largest absolute Gasteiger partial charge is 0.359 e. The van der Waals surface area contributed by atoms with Crippen LogP contribution in [0.1, 0.15) is 5.56 Å². The third kappa shape index (κ3) is 2.77. The summed E-state index contributed by atoms with van der Waals surface area (Å²) in [5.74, 6) is 4.27. The Hall–Kier alpha value is -1.27. The third-order valence-electron chi connectivity index (χ3n) is 1.15. The lowest BCUT2D eigenvalue weighted by molar-refractivity contribution is -0.112. The summed E-state index contributed by atoms with van der Waals surface area (Å²) in [5.41, 5.74) is 5.62. The number of nitrogens with two attached hydrogens (primary N) is 1. The van der Waals surface area contributed by atoms with Crippen LogP contribution in [0.2, 0.25) is 0 Å². The molecule has 12 heavy (non-hydrogen) atoms. The number of benzene rings is 1. The number of halogens is 1. The van der Waals surface area contributed by atoms with Crippen LogP contribution in [0.15, 0.2) is 28.7 Å². The molecule has 0 radical (unpaired) electrons. The first kappa shape index (κ1) is 8.82. The van der Waals surface area contributed by atoms with Gasteiger partial charge in [-0.15, -0.1) is 0 Å². The summed E-state index contributed by atoms with van der Waals surface area (Å²) in [5, 5.41) is 0. The molecular weight excluding hydrogens is 218 g/mol. The van der Waals surface area contributed by atoms with Crippen LogP contribution < -0.4 is 5.73 Å². The highest BCUT2D eigenvalue weighted by Crippen LogP contribution is 2.10. The number of hydrogen-bond acceptors (Lipinski definition) is 1. The molecule has 60 valence electrons. The number of rotatable bonds is 0. The smallest absolute Gasteiger partial charge is 0.293 e. The average Bonchev–Trinajstić information content (AvgIpc) is 2.01. The molecule has 0 heterocycles.